The van der Waals surface area contributed by atoms with Crippen molar-refractivity contribution < 1.29 is 13.2 Å². The zero-order valence-electron chi connectivity index (χ0n) is 11.1. The lowest BCUT2D eigenvalue weighted by Crippen LogP contribution is -2.50. The summed E-state index contributed by atoms with van der Waals surface area (Å²) in [6, 6.07) is 4.43. The summed E-state index contributed by atoms with van der Waals surface area (Å²) in [7, 11) is -3.80. The van der Waals surface area contributed by atoms with Crippen molar-refractivity contribution in [3.63, 3.8) is 0 Å². The molecule has 1 amide bonds. The Labute approximate surface area is 113 Å². The Bertz CT molecular complexity index is 619. The maximum atomic E-state index is 12.1. The molecule has 5 nitrogen and oxygen atoms in total. The first-order valence-electron chi connectivity index (χ1n) is 6.17. The summed E-state index contributed by atoms with van der Waals surface area (Å²) >= 11 is 0. The molecule has 0 heterocycles. The van der Waals surface area contributed by atoms with Gasteiger partial charge in [-0.25, -0.2) is 13.6 Å². The number of rotatable bonds is 3. The molecule has 0 spiro atoms. The third-order valence-electron chi connectivity index (χ3n) is 3.51. The molecule has 1 aromatic rings. The molecular weight excluding hydrogens is 264 g/mol. The number of aryl methyl sites for hydroxylation is 1. The van der Waals surface area contributed by atoms with Crippen molar-refractivity contribution >= 4 is 15.9 Å². The molecule has 2 rings (SSSR count). The van der Waals surface area contributed by atoms with Gasteiger partial charge in [0.2, 0.25) is 10.0 Å². The molecule has 0 radical (unpaired) electrons. The van der Waals surface area contributed by atoms with Gasteiger partial charge < -0.3 is 5.32 Å². The van der Waals surface area contributed by atoms with Crippen LogP contribution >= 0.6 is 0 Å². The zero-order valence-corrected chi connectivity index (χ0v) is 11.9. The molecule has 0 saturated heterocycles. The minimum absolute atomic E-state index is 0.0311. The van der Waals surface area contributed by atoms with Gasteiger partial charge in [0.15, 0.2) is 0 Å². The van der Waals surface area contributed by atoms with Gasteiger partial charge in [0.1, 0.15) is 0 Å². The van der Waals surface area contributed by atoms with Gasteiger partial charge in [-0.3, -0.25) is 4.79 Å². The first-order valence-corrected chi connectivity index (χ1v) is 7.71. The minimum atomic E-state index is -3.80. The van der Waals surface area contributed by atoms with E-state index in [0.29, 0.717) is 11.1 Å². The van der Waals surface area contributed by atoms with Gasteiger partial charge in [-0.05, 0) is 56.9 Å². The number of carbonyl (C=O) groups excluding carboxylic acids is 1. The second kappa shape index (κ2) is 4.61. The van der Waals surface area contributed by atoms with Crippen LogP contribution in [-0.4, -0.2) is 19.9 Å². The zero-order chi connectivity index (χ0) is 14.3. The predicted octanol–water partition coefficient (Wildman–Crippen LogP) is 1.31. The fourth-order valence-electron chi connectivity index (χ4n) is 2.22. The number of carbonyl (C=O) groups is 1. The van der Waals surface area contributed by atoms with Crippen molar-refractivity contribution in [3.05, 3.63) is 29.3 Å². The summed E-state index contributed by atoms with van der Waals surface area (Å²) < 4.78 is 22.7. The molecule has 19 heavy (non-hydrogen) atoms. The van der Waals surface area contributed by atoms with Crippen molar-refractivity contribution in [2.24, 2.45) is 5.14 Å². The molecule has 0 atom stereocenters. The smallest absolute Gasteiger partial charge is 0.251 e. The van der Waals surface area contributed by atoms with E-state index in [9.17, 15) is 13.2 Å². The van der Waals surface area contributed by atoms with E-state index in [-0.39, 0.29) is 16.3 Å². The molecular formula is C13H18N2O3S. The topological polar surface area (TPSA) is 89.3 Å². The monoisotopic (exact) mass is 282 g/mol. The minimum Gasteiger partial charge on any atom is -0.347 e. The number of amides is 1. The average Bonchev–Trinajstić information content (AvgIpc) is 2.24. The molecule has 1 aliphatic rings. The number of nitrogens with two attached hydrogens (primary N) is 1. The normalized spacial score (nSPS) is 17.6. The van der Waals surface area contributed by atoms with Crippen LogP contribution in [-0.2, 0) is 10.0 Å². The molecule has 1 fully saturated rings. The highest BCUT2D eigenvalue weighted by molar-refractivity contribution is 7.89. The number of sulfonamides is 1. The Kier molecular flexibility index (Phi) is 3.40. The highest BCUT2D eigenvalue weighted by Gasteiger charge is 2.33. The quantitative estimate of drug-likeness (QED) is 0.876. The summed E-state index contributed by atoms with van der Waals surface area (Å²) in [5.74, 6) is -0.254. The van der Waals surface area contributed by atoms with E-state index in [1.807, 2.05) is 6.92 Å². The Morgan fingerprint density at radius 3 is 2.42 bits per heavy atom. The molecule has 0 aromatic heterocycles. The van der Waals surface area contributed by atoms with E-state index >= 15 is 0 Å². The largest absolute Gasteiger partial charge is 0.347 e. The van der Waals surface area contributed by atoms with E-state index in [1.54, 1.807) is 13.0 Å². The lowest BCUT2D eigenvalue weighted by atomic mass is 9.78. The summed E-state index contributed by atoms with van der Waals surface area (Å²) in [4.78, 5) is 12.1. The van der Waals surface area contributed by atoms with Crippen LogP contribution in [0.2, 0.25) is 0 Å². The van der Waals surface area contributed by atoms with Crippen LogP contribution in [0.1, 0.15) is 42.1 Å². The average molecular weight is 282 g/mol. The molecule has 1 aliphatic carbocycles. The molecule has 104 valence electrons. The van der Waals surface area contributed by atoms with E-state index in [4.69, 9.17) is 5.14 Å². The first-order chi connectivity index (χ1) is 8.70. The van der Waals surface area contributed by atoms with E-state index < -0.39 is 10.0 Å². The summed E-state index contributed by atoms with van der Waals surface area (Å²) in [5.41, 5.74) is 0.857. The van der Waals surface area contributed by atoms with Crippen molar-refractivity contribution in [1.82, 2.24) is 5.32 Å². The van der Waals surface area contributed by atoms with E-state index in [1.165, 1.54) is 12.1 Å². The predicted molar refractivity (Wildman–Crippen MR) is 72.3 cm³/mol. The van der Waals surface area contributed by atoms with Crippen LogP contribution in [0.4, 0.5) is 0 Å². The number of hydrogen-bond acceptors (Lipinski definition) is 3. The Morgan fingerprint density at radius 1 is 1.32 bits per heavy atom. The Balaban J connectivity index is 2.29. The first kappa shape index (κ1) is 14.0. The second-order valence-electron chi connectivity index (χ2n) is 5.45. The maximum Gasteiger partial charge on any atom is 0.251 e. The highest BCUT2D eigenvalue weighted by atomic mass is 32.2. The molecule has 0 bridgehead atoms. The summed E-state index contributed by atoms with van der Waals surface area (Å²) in [5, 5.41) is 8.04. The molecule has 1 saturated carbocycles. The van der Waals surface area contributed by atoms with Crippen molar-refractivity contribution in [2.45, 2.75) is 43.5 Å². The van der Waals surface area contributed by atoms with Crippen LogP contribution in [0.25, 0.3) is 0 Å². The summed E-state index contributed by atoms with van der Waals surface area (Å²) in [6.07, 6.45) is 3.01. The van der Waals surface area contributed by atoms with Crippen LogP contribution in [0.3, 0.4) is 0 Å². The fourth-order valence-corrected chi connectivity index (χ4v) is 2.86. The lowest BCUT2D eigenvalue weighted by molar-refractivity contribution is 0.0850. The van der Waals surface area contributed by atoms with Gasteiger partial charge in [0.25, 0.3) is 5.91 Å². The van der Waals surface area contributed by atoms with Crippen LogP contribution in [0.15, 0.2) is 23.1 Å². The molecule has 1 aromatic carbocycles. The summed E-state index contributed by atoms with van der Waals surface area (Å²) in [6.45, 7) is 3.72. The van der Waals surface area contributed by atoms with Gasteiger partial charge in [-0.15, -0.1) is 0 Å². The maximum absolute atomic E-state index is 12.1. The van der Waals surface area contributed by atoms with Gasteiger partial charge in [-0.1, -0.05) is 0 Å². The second-order valence-corrected chi connectivity index (χ2v) is 7.01. The van der Waals surface area contributed by atoms with Gasteiger partial charge >= 0.3 is 0 Å². The van der Waals surface area contributed by atoms with Crippen LogP contribution in [0.5, 0.6) is 0 Å². The van der Waals surface area contributed by atoms with Crippen molar-refractivity contribution in [3.8, 4) is 0 Å². The highest BCUT2D eigenvalue weighted by Crippen LogP contribution is 2.31. The molecule has 0 unspecified atom stereocenters. The number of benzene rings is 1. The Hall–Kier alpha value is -1.40. The standard InChI is InChI=1S/C13H18N2O3S/c1-9-6-10(8-11(7-9)19(14,17)18)12(16)15-13(2)4-3-5-13/h6-8H,3-5H2,1-2H3,(H,15,16)(H2,14,17,18). The van der Waals surface area contributed by atoms with Crippen LogP contribution < -0.4 is 10.5 Å². The van der Waals surface area contributed by atoms with Crippen molar-refractivity contribution in [2.75, 3.05) is 0 Å². The number of hydrogen-bond donors (Lipinski definition) is 2. The van der Waals surface area contributed by atoms with E-state index in [0.717, 1.165) is 19.3 Å². The third kappa shape index (κ3) is 3.13. The van der Waals surface area contributed by atoms with Gasteiger partial charge in [0.05, 0.1) is 4.90 Å². The fraction of sp³-hybridized carbons (Fsp3) is 0.462. The number of primary sulfonamides is 1. The molecule has 6 heteroatoms. The molecule has 3 N–H and O–H groups in total. The molecule has 0 aliphatic heterocycles. The van der Waals surface area contributed by atoms with Gasteiger partial charge in [0, 0.05) is 11.1 Å². The lowest BCUT2D eigenvalue weighted by Gasteiger charge is -2.39. The number of nitrogens with one attached hydrogen (secondary N) is 1. The van der Waals surface area contributed by atoms with Gasteiger partial charge in [-0.2, -0.15) is 0 Å². The van der Waals surface area contributed by atoms with E-state index in [2.05, 4.69) is 5.32 Å². The Morgan fingerprint density at radius 2 is 1.95 bits per heavy atom. The SMILES string of the molecule is Cc1cc(C(=O)NC2(C)CCC2)cc(S(N)(=O)=O)c1. The van der Waals surface area contributed by atoms with Crippen molar-refractivity contribution in [1.29, 1.82) is 0 Å². The third-order valence-corrected chi connectivity index (χ3v) is 4.41. The van der Waals surface area contributed by atoms with Crippen LogP contribution in [0, 0.1) is 6.92 Å².